The predicted molar refractivity (Wildman–Crippen MR) is 100 cm³/mol. The van der Waals surface area contributed by atoms with Gasteiger partial charge in [-0.05, 0) is 0 Å². The van der Waals surface area contributed by atoms with Crippen molar-refractivity contribution < 1.29 is 74.7 Å². The highest BCUT2D eigenvalue weighted by atomic mass is 16.8. The molecule has 0 aliphatic carbocycles. The molecule has 3 saturated heterocycles. The average molecular weight is 488 g/mol. The Hall–Kier alpha value is -0.600. The van der Waals surface area contributed by atoms with Crippen molar-refractivity contribution in [1.29, 1.82) is 0 Å². The first-order valence-corrected chi connectivity index (χ1v) is 10.5. The molecule has 0 aromatic carbocycles. The molecule has 15 heteroatoms. The largest absolute Gasteiger partial charge is 0.394 e. The molecule has 33 heavy (non-hydrogen) atoms. The summed E-state index contributed by atoms with van der Waals surface area (Å²) in [4.78, 5) is 0. The van der Waals surface area contributed by atoms with Crippen LogP contribution in [0.1, 0.15) is 0 Å². The number of fused-ring (bicyclic) bond motifs is 1. The first kappa shape index (κ1) is 27.0. The quantitative estimate of drug-likeness (QED) is 0.121. The summed E-state index contributed by atoms with van der Waals surface area (Å²) in [5.41, 5.74) is 0. The van der Waals surface area contributed by atoms with E-state index in [0.29, 0.717) is 0 Å². The van der Waals surface area contributed by atoms with Crippen LogP contribution in [0.3, 0.4) is 0 Å². The molecule has 15 nitrogen and oxygen atoms in total. The summed E-state index contributed by atoms with van der Waals surface area (Å²) in [5.74, 6) is 0. The second kappa shape index (κ2) is 11.4. The third-order valence-corrected chi connectivity index (χ3v) is 5.92. The lowest BCUT2D eigenvalue weighted by atomic mass is 9.97. The minimum absolute atomic E-state index is 0.532. The van der Waals surface area contributed by atoms with Gasteiger partial charge in [-0.2, -0.15) is 0 Å². The Labute approximate surface area is 187 Å². The highest BCUT2D eigenvalue weighted by molar-refractivity contribution is 5.02. The molecule has 194 valence electrons. The van der Waals surface area contributed by atoms with Crippen LogP contribution in [-0.4, -0.2) is 163 Å². The number of epoxide rings is 1. The zero-order valence-electron chi connectivity index (χ0n) is 17.4. The topological polar surface area (TPSA) is 252 Å². The summed E-state index contributed by atoms with van der Waals surface area (Å²) < 4.78 is 27.1. The Morgan fingerprint density at radius 1 is 0.667 bits per heavy atom. The molecule has 0 radical (unpaired) electrons. The molecule has 0 unspecified atom stereocenters. The molecule has 0 aromatic rings. The number of hydrogen-bond acceptors (Lipinski definition) is 15. The number of rotatable bonds is 11. The van der Waals surface area contributed by atoms with Crippen molar-refractivity contribution >= 4 is 0 Å². The van der Waals surface area contributed by atoms with Crippen molar-refractivity contribution in [2.24, 2.45) is 0 Å². The second-order valence-corrected chi connectivity index (χ2v) is 8.18. The molecule has 10 N–H and O–H groups in total. The molecule has 0 aromatic heterocycles. The summed E-state index contributed by atoms with van der Waals surface area (Å²) in [6, 6.07) is 0. The normalized spacial score (nSPS) is 44.5. The second-order valence-electron chi connectivity index (χ2n) is 8.18. The van der Waals surface area contributed by atoms with Gasteiger partial charge in [0.2, 0.25) is 0 Å². The van der Waals surface area contributed by atoms with Gasteiger partial charge < -0.3 is 74.7 Å². The molecule has 0 bridgehead atoms. The highest BCUT2D eigenvalue weighted by Crippen LogP contribution is 2.39. The fraction of sp³-hybridized carbons (Fsp3) is 1.00. The van der Waals surface area contributed by atoms with Crippen LogP contribution in [0.15, 0.2) is 0 Å². The molecule has 3 heterocycles. The van der Waals surface area contributed by atoms with Crippen molar-refractivity contribution in [3.05, 3.63) is 0 Å². The monoisotopic (exact) mass is 488 g/mol. The third-order valence-electron chi connectivity index (χ3n) is 5.92. The fourth-order valence-electron chi connectivity index (χ4n) is 3.90. The van der Waals surface area contributed by atoms with Crippen molar-refractivity contribution in [3.63, 3.8) is 0 Å². The summed E-state index contributed by atoms with van der Waals surface area (Å²) in [6.45, 7) is -3.09. The smallest absolute Gasteiger partial charge is 0.187 e. The standard InChI is InChI=1S/C18H32O15/c19-1-5(23)9(25)13(6(24)2-20)32-17-12(28)11(27)14(8(4-22)30-17)33-18-16-15(31-16)10(26)7(3-21)29-18/h5-28H,1-4H2/t5-,6+,7+,8+,9+,10+,11+,12+,13+,14+,15-,16-,17+,18+/m0/s1. The van der Waals surface area contributed by atoms with E-state index in [-0.39, 0.29) is 0 Å². The molecule has 3 rings (SSSR count). The Balaban J connectivity index is 1.69. The lowest BCUT2D eigenvalue weighted by Crippen LogP contribution is -2.63. The van der Waals surface area contributed by atoms with Gasteiger partial charge in [0.15, 0.2) is 12.6 Å². The van der Waals surface area contributed by atoms with E-state index in [1.165, 1.54) is 0 Å². The number of ether oxygens (including phenoxy) is 5. The van der Waals surface area contributed by atoms with Crippen molar-refractivity contribution in [3.8, 4) is 0 Å². The van der Waals surface area contributed by atoms with E-state index in [1.807, 2.05) is 0 Å². The summed E-state index contributed by atoms with van der Waals surface area (Å²) in [5, 5.41) is 98.1. The SMILES string of the molecule is OC[C@@H](O)[C@@H](O[C@H]1O[C@H](CO)[C@@H](O[C@H]2O[C@H](CO)[C@@H](O)[C@@H]3O[C@H]23)[C@H](O)[C@H]1O)[C@H](O)[C@@H](O)CO. The molecule has 3 aliphatic rings. The minimum atomic E-state index is -1.91. The maximum absolute atomic E-state index is 10.6. The van der Waals surface area contributed by atoms with Crippen LogP contribution < -0.4 is 0 Å². The minimum Gasteiger partial charge on any atom is -0.394 e. The first-order valence-electron chi connectivity index (χ1n) is 10.5. The Bertz CT molecular complexity index is 609. The van der Waals surface area contributed by atoms with Crippen LogP contribution >= 0.6 is 0 Å². The molecule has 0 spiro atoms. The Kier molecular flexibility index (Phi) is 9.35. The molecule has 3 fully saturated rings. The summed E-state index contributed by atoms with van der Waals surface area (Å²) >= 11 is 0. The van der Waals surface area contributed by atoms with Gasteiger partial charge in [0.1, 0.15) is 73.2 Å². The van der Waals surface area contributed by atoms with Gasteiger partial charge in [-0.1, -0.05) is 0 Å². The van der Waals surface area contributed by atoms with E-state index >= 15 is 0 Å². The highest BCUT2D eigenvalue weighted by Gasteiger charge is 2.59. The van der Waals surface area contributed by atoms with Crippen LogP contribution in [0.2, 0.25) is 0 Å². The maximum atomic E-state index is 10.6. The van der Waals surface area contributed by atoms with Gasteiger partial charge in [0.25, 0.3) is 0 Å². The molecule has 0 amide bonds. The van der Waals surface area contributed by atoms with E-state index in [1.54, 1.807) is 0 Å². The van der Waals surface area contributed by atoms with Crippen LogP contribution in [0.4, 0.5) is 0 Å². The molecular formula is C18H32O15. The van der Waals surface area contributed by atoms with E-state index < -0.39 is 112 Å². The van der Waals surface area contributed by atoms with Gasteiger partial charge in [0.05, 0.1) is 26.4 Å². The Morgan fingerprint density at radius 2 is 1.27 bits per heavy atom. The van der Waals surface area contributed by atoms with E-state index in [9.17, 15) is 46.0 Å². The predicted octanol–water partition coefficient (Wildman–Crippen LogP) is -6.89. The van der Waals surface area contributed by atoms with Crippen LogP contribution in [0, 0.1) is 0 Å². The molecular weight excluding hydrogens is 456 g/mol. The van der Waals surface area contributed by atoms with Gasteiger partial charge in [0, 0.05) is 0 Å². The number of aliphatic hydroxyl groups excluding tert-OH is 10. The van der Waals surface area contributed by atoms with Crippen LogP contribution in [0.5, 0.6) is 0 Å². The average Bonchev–Trinajstić information content (AvgIpc) is 3.63. The number of aliphatic hydroxyl groups is 10. The van der Waals surface area contributed by atoms with E-state index in [4.69, 9.17) is 28.8 Å². The maximum Gasteiger partial charge on any atom is 0.187 e. The molecule has 3 aliphatic heterocycles. The first-order chi connectivity index (χ1) is 15.7. The Morgan fingerprint density at radius 3 is 1.85 bits per heavy atom. The number of hydrogen-bond donors (Lipinski definition) is 10. The van der Waals surface area contributed by atoms with Gasteiger partial charge >= 0.3 is 0 Å². The lowest BCUT2D eigenvalue weighted by molar-refractivity contribution is -0.350. The van der Waals surface area contributed by atoms with E-state index in [2.05, 4.69) is 0 Å². The zero-order valence-corrected chi connectivity index (χ0v) is 17.4. The molecule has 14 atom stereocenters. The fourth-order valence-corrected chi connectivity index (χ4v) is 3.90. The summed E-state index contributed by atoms with van der Waals surface area (Å²) in [6.07, 6.45) is -19.9. The van der Waals surface area contributed by atoms with Crippen LogP contribution in [0.25, 0.3) is 0 Å². The van der Waals surface area contributed by atoms with Gasteiger partial charge in [-0.3, -0.25) is 0 Å². The third kappa shape index (κ3) is 5.64. The summed E-state index contributed by atoms with van der Waals surface area (Å²) in [7, 11) is 0. The van der Waals surface area contributed by atoms with Crippen LogP contribution in [-0.2, 0) is 23.7 Å². The van der Waals surface area contributed by atoms with Crippen molar-refractivity contribution in [1.82, 2.24) is 0 Å². The molecule has 0 saturated carbocycles. The van der Waals surface area contributed by atoms with Crippen molar-refractivity contribution in [2.75, 3.05) is 26.4 Å². The van der Waals surface area contributed by atoms with Crippen molar-refractivity contribution in [2.45, 2.75) is 85.8 Å². The van der Waals surface area contributed by atoms with Gasteiger partial charge in [-0.15, -0.1) is 0 Å². The zero-order chi connectivity index (χ0) is 24.4. The lowest BCUT2D eigenvalue weighted by Gasteiger charge is -2.45. The van der Waals surface area contributed by atoms with Gasteiger partial charge in [-0.25, -0.2) is 0 Å². The van der Waals surface area contributed by atoms with E-state index in [0.717, 1.165) is 0 Å².